The van der Waals surface area contributed by atoms with E-state index in [9.17, 15) is 0 Å². The number of hydrogen-bond donors (Lipinski definition) is 0. The fourth-order valence-corrected chi connectivity index (χ4v) is 12.1. The minimum atomic E-state index is -2.13. The Morgan fingerprint density at radius 2 is 1.01 bits per heavy atom. The fourth-order valence-electron chi connectivity index (χ4n) is 9.67. The Hall–Kier alpha value is -4.85. The normalized spacial score (nSPS) is 19.9. The highest BCUT2D eigenvalue weighted by atomic mass is 31.2. The smallest absolute Gasteiger partial charge is 0.463 e. The highest BCUT2D eigenvalue weighted by molar-refractivity contribution is 7.42. The lowest BCUT2D eigenvalue weighted by Gasteiger charge is -2.46. The van der Waals surface area contributed by atoms with Crippen LogP contribution in [-0.4, -0.2) is 40.6 Å². The summed E-state index contributed by atoms with van der Waals surface area (Å²) in [5.74, 6) is 4.00. The van der Waals surface area contributed by atoms with Crippen LogP contribution in [0.1, 0.15) is 124 Å². The van der Waals surface area contributed by atoms with Crippen LogP contribution in [-0.2, 0) is 25.5 Å². The number of methoxy groups -OCH3 is 4. The highest BCUT2D eigenvalue weighted by Gasteiger charge is 2.50. The molecule has 1 aliphatic heterocycles. The van der Waals surface area contributed by atoms with E-state index < -0.39 is 27.7 Å². The van der Waals surface area contributed by atoms with Crippen LogP contribution in [0.3, 0.4) is 0 Å². The Morgan fingerprint density at radius 1 is 0.544 bits per heavy atom. The summed E-state index contributed by atoms with van der Waals surface area (Å²) in [6, 6.07) is 28.2. The molecule has 68 heavy (non-hydrogen) atoms. The Morgan fingerprint density at radius 3 is 1.49 bits per heavy atom. The van der Waals surface area contributed by atoms with Crippen molar-refractivity contribution in [1.82, 2.24) is 0 Å². The maximum Gasteiger partial charge on any atom is 0.463 e. The first-order valence-corrected chi connectivity index (χ1v) is 25.8. The molecule has 1 aliphatic carbocycles. The quantitative estimate of drug-likeness (QED) is 0.130. The molecule has 0 amide bonds. The molecule has 0 spiro atoms. The van der Waals surface area contributed by atoms with Gasteiger partial charge in [0.2, 0.25) is 0 Å². The second-order valence-corrected chi connectivity index (χ2v) is 24.3. The number of ether oxygens (including phenoxy) is 4. The topological polar surface area (TPSA) is 100 Å². The van der Waals surface area contributed by atoms with E-state index in [-0.39, 0.29) is 34.9 Å². The first-order chi connectivity index (χ1) is 32.0. The minimum absolute atomic E-state index is 0.0284. The van der Waals surface area contributed by atoms with Crippen molar-refractivity contribution in [3.05, 3.63) is 107 Å². The van der Waals surface area contributed by atoms with Gasteiger partial charge in [-0.3, -0.25) is 4.52 Å². The maximum atomic E-state index is 7.53. The van der Waals surface area contributed by atoms with Gasteiger partial charge < -0.3 is 40.9 Å². The molecule has 12 heteroatoms. The molecular weight excluding hydrogens is 895 g/mol. The van der Waals surface area contributed by atoms with Crippen LogP contribution >= 0.6 is 16.8 Å². The molecule has 5 unspecified atom stereocenters. The summed E-state index contributed by atoms with van der Waals surface area (Å²) in [6.45, 7) is 26.5. The van der Waals surface area contributed by atoms with Gasteiger partial charge in [0.1, 0.15) is 45.7 Å². The van der Waals surface area contributed by atoms with E-state index in [0.29, 0.717) is 45.3 Å². The number of para-hydroxylation sites is 2. The molecule has 6 aromatic rings. The summed E-state index contributed by atoms with van der Waals surface area (Å²) < 4.78 is 67.4. The second-order valence-electron chi connectivity index (χ2n) is 22.3. The molecule has 0 bridgehead atoms. The van der Waals surface area contributed by atoms with Crippen LogP contribution in [0.5, 0.6) is 34.5 Å². The van der Waals surface area contributed by atoms with Crippen molar-refractivity contribution in [2.24, 2.45) is 11.3 Å². The Balaban J connectivity index is 1.39. The zero-order valence-electron chi connectivity index (χ0n) is 42.8. The molecular formula is C56H70O10P2. The highest BCUT2D eigenvalue weighted by Crippen LogP contribution is 2.62. The van der Waals surface area contributed by atoms with E-state index in [1.54, 1.807) is 21.3 Å². The molecule has 8 rings (SSSR count). The van der Waals surface area contributed by atoms with E-state index in [1.165, 1.54) is 0 Å². The lowest BCUT2D eigenvalue weighted by atomic mass is 9.64. The van der Waals surface area contributed by atoms with E-state index in [0.717, 1.165) is 57.4 Å². The van der Waals surface area contributed by atoms with Gasteiger partial charge in [-0.2, -0.15) is 0 Å². The Bertz CT molecular complexity index is 2780. The molecule has 2 aliphatic rings. The van der Waals surface area contributed by atoms with Gasteiger partial charge in [-0.15, -0.1) is 0 Å². The monoisotopic (exact) mass is 964 g/mol. The predicted molar refractivity (Wildman–Crippen MR) is 275 cm³/mol. The third kappa shape index (κ3) is 9.95. The van der Waals surface area contributed by atoms with Crippen molar-refractivity contribution in [3.63, 3.8) is 0 Å². The van der Waals surface area contributed by atoms with Crippen molar-refractivity contribution in [1.29, 1.82) is 0 Å². The number of fused-ring (bicyclic) bond motifs is 6. The summed E-state index contributed by atoms with van der Waals surface area (Å²) in [6.07, 6.45) is 1.35. The van der Waals surface area contributed by atoms with Crippen LogP contribution in [0.2, 0.25) is 0 Å². The molecule has 364 valence electrons. The zero-order chi connectivity index (χ0) is 49.1. The van der Waals surface area contributed by atoms with Gasteiger partial charge in [0.25, 0.3) is 0 Å². The SMILES string of the molecule is COc1cc(-c2cc(OC)cc(C(C)(C)C)c2Op2oc3ccccc3c3ccccc3o2)c(OP2Oc3c(cc(OC)cc3C(C)(C)C)C3CC(OC)CC(C(C)(C)C)C3O2)c(C(C)(C)C)c1. The van der Waals surface area contributed by atoms with Gasteiger partial charge in [-0.1, -0.05) is 119 Å². The molecule has 0 saturated heterocycles. The average molecular weight is 965 g/mol. The van der Waals surface area contributed by atoms with E-state index >= 15 is 0 Å². The number of benzene rings is 5. The van der Waals surface area contributed by atoms with Crippen molar-refractivity contribution in [2.45, 2.75) is 130 Å². The predicted octanol–water partition coefficient (Wildman–Crippen LogP) is 16.4. The first-order valence-electron chi connectivity index (χ1n) is 23.6. The molecule has 10 nitrogen and oxygen atoms in total. The third-order valence-electron chi connectivity index (χ3n) is 13.4. The molecule has 1 aromatic heterocycles. The van der Waals surface area contributed by atoms with Crippen molar-refractivity contribution < 1.29 is 45.4 Å². The molecule has 0 radical (unpaired) electrons. The number of hydrogen-bond acceptors (Lipinski definition) is 10. The minimum Gasteiger partial charge on any atom is -0.497 e. The first kappa shape index (κ1) is 49.6. The molecule has 5 aromatic carbocycles. The molecule has 1 fully saturated rings. The van der Waals surface area contributed by atoms with Gasteiger partial charge in [0.05, 0.1) is 33.5 Å². The molecule has 1 saturated carbocycles. The molecule has 2 heterocycles. The van der Waals surface area contributed by atoms with E-state index in [2.05, 4.69) is 101 Å². The fraction of sp³-hybridized carbons (Fsp3) is 0.464. The standard InChI is InChI=1S/C56H70O10P2/c1-53(2,3)43-29-33(57-13)25-39(49(43)63-67-61-47-23-19-17-21-37(47)38-22-18-20-24-48(38)62-67)40-26-34(58-14)30-44(54(4,5)6)50(40)64-68-65-51-41(27-35(59-15)31-45(51)55(7,8)9)42-28-36(60-16)32-46(52(42)66-68)56(10,11)12/h17-27,29-31,36,42,46,52H,28,32H2,1-16H3. The molecule has 0 N–H and O–H groups in total. The summed E-state index contributed by atoms with van der Waals surface area (Å²) >= 11 is 0. The third-order valence-corrected chi connectivity index (χ3v) is 15.5. The van der Waals surface area contributed by atoms with Gasteiger partial charge in [-0.05, 0) is 89.0 Å². The van der Waals surface area contributed by atoms with E-state index in [4.69, 9.17) is 45.4 Å². The van der Waals surface area contributed by atoms with Crippen LogP contribution in [0, 0.1) is 11.3 Å². The van der Waals surface area contributed by atoms with Crippen molar-refractivity contribution in [2.75, 3.05) is 28.4 Å². The summed E-state index contributed by atoms with van der Waals surface area (Å²) in [5.41, 5.74) is 5.22. The van der Waals surface area contributed by atoms with Gasteiger partial charge >= 0.3 is 16.8 Å². The van der Waals surface area contributed by atoms with Gasteiger partial charge in [-0.25, -0.2) is 0 Å². The van der Waals surface area contributed by atoms with Crippen molar-refractivity contribution in [3.8, 4) is 45.6 Å². The van der Waals surface area contributed by atoms with Gasteiger partial charge in [0, 0.05) is 57.2 Å². The largest absolute Gasteiger partial charge is 0.497 e. The van der Waals surface area contributed by atoms with Crippen LogP contribution in [0.25, 0.3) is 33.1 Å². The lowest BCUT2D eigenvalue weighted by molar-refractivity contribution is -0.0523. The van der Waals surface area contributed by atoms with E-state index in [1.807, 2.05) is 73.8 Å². The second kappa shape index (κ2) is 18.8. The average Bonchev–Trinajstić information content (AvgIpc) is 3.54. The van der Waals surface area contributed by atoms with Gasteiger partial charge in [0.15, 0.2) is 0 Å². The van der Waals surface area contributed by atoms with Crippen LogP contribution in [0.15, 0.2) is 93.3 Å². The summed E-state index contributed by atoms with van der Waals surface area (Å²) in [4.78, 5) is 0. The van der Waals surface area contributed by atoms with Crippen LogP contribution < -0.4 is 27.8 Å². The summed E-state index contributed by atoms with van der Waals surface area (Å²) in [5, 5.41) is 1.85. The maximum absolute atomic E-state index is 7.53. The Labute approximate surface area is 405 Å². The zero-order valence-corrected chi connectivity index (χ0v) is 44.6. The lowest BCUT2D eigenvalue weighted by Crippen LogP contribution is -2.45. The molecule has 5 atom stereocenters. The number of rotatable bonds is 9. The van der Waals surface area contributed by atoms with Crippen molar-refractivity contribution >= 4 is 38.8 Å². The van der Waals surface area contributed by atoms with Crippen LogP contribution in [0.4, 0.5) is 0 Å². The Kier molecular flexibility index (Phi) is 13.7. The summed E-state index contributed by atoms with van der Waals surface area (Å²) in [7, 11) is 2.72.